The third-order valence-corrected chi connectivity index (χ3v) is 3.59. The Bertz CT molecular complexity index is 764. The minimum Gasteiger partial charge on any atom is -0.465 e. The van der Waals surface area contributed by atoms with Gasteiger partial charge in [-0.15, -0.1) is 0 Å². The number of rotatable bonds is 3. The molecule has 0 radical (unpaired) electrons. The fourth-order valence-electron chi connectivity index (χ4n) is 1.84. The van der Waals surface area contributed by atoms with Gasteiger partial charge in [-0.25, -0.2) is 4.79 Å². The lowest BCUT2D eigenvalue weighted by molar-refractivity contribution is 0.0602. The molecular weight excluding hydrogens is 380 g/mol. The number of anilines is 1. The highest BCUT2D eigenvalue weighted by atomic mass is 79.9. The van der Waals surface area contributed by atoms with Crippen molar-refractivity contribution in [1.82, 2.24) is 5.32 Å². The number of halogens is 1. The molecule has 0 fully saturated rings. The van der Waals surface area contributed by atoms with E-state index in [2.05, 4.69) is 26.6 Å². The van der Waals surface area contributed by atoms with Gasteiger partial charge in [0.15, 0.2) is 5.11 Å². The molecule has 5 nitrogen and oxygen atoms in total. The molecule has 0 aromatic heterocycles. The summed E-state index contributed by atoms with van der Waals surface area (Å²) in [5.74, 6) is -0.839. The van der Waals surface area contributed by atoms with Gasteiger partial charge in [0.2, 0.25) is 0 Å². The van der Waals surface area contributed by atoms with Crippen LogP contribution in [-0.4, -0.2) is 24.1 Å². The van der Waals surface area contributed by atoms with E-state index in [1.807, 2.05) is 6.07 Å². The molecule has 0 aliphatic heterocycles. The predicted molar refractivity (Wildman–Crippen MR) is 95.6 cm³/mol. The maximum absolute atomic E-state index is 12.1. The normalized spacial score (nSPS) is 9.83. The van der Waals surface area contributed by atoms with Crippen LogP contribution in [0, 0.1) is 0 Å². The molecule has 7 heteroatoms. The number of carbonyl (C=O) groups is 2. The molecule has 2 rings (SSSR count). The molecule has 0 aliphatic rings. The first-order chi connectivity index (χ1) is 11.0. The Labute approximate surface area is 147 Å². The molecule has 1 amide bonds. The molecule has 0 heterocycles. The van der Waals surface area contributed by atoms with Crippen molar-refractivity contribution < 1.29 is 14.3 Å². The molecule has 0 saturated heterocycles. The number of esters is 1. The van der Waals surface area contributed by atoms with Crippen molar-refractivity contribution in [1.29, 1.82) is 0 Å². The summed E-state index contributed by atoms with van der Waals surface area (Å²) in [6, 6.07) is 13.7. The molecule has 2 N–H and O–H groups in total. The summed E-state index contributed by atoms with van der Waals surface area (Å²) in [7, 11) is 1.30. The highest BCUT2D eigenvalue weighted by molar-refractivity contribution is 9.10. The van der Waals surface area contributed by atoms with Gasteiger partial charge in [0.05, 0.1) is 18.4 Å². The molecule has 23 heavy (non-hydrogen) atoms. The topological polar surface area (TPSA) is 67.4 Å². The minimum absolute atomic E-state index is 0.0892. The lowest BCUT2D eigenvalue weighted by Gasteiger charge is -2.12. The Morgan fingerprint density at radius 2 is 1.87 bits per heavy atom. The van der Waals surface area contributed by atoms with Gasteiger partial charge in [-0.3, -0.25) is 10.1 Å². The number of carbonyl (C=O) groups excluding carboxylic acids is 2. The van der Waals surface area contributed by atoms with Gasteiger partial charge in [0.25, 0.3) is 5.91 Å². The second-order valence-electron chi connectivity index (χ2n) is 4.46. The zero-order valence-corrected chi connectivity index (χ0v) is 14.5. The van der Waals surface area contributed by atoms with E-state index in [1.165, 1.54) is 7.11 Å². The molecule has 0 saturated carbocycles. The van der Waals surface area contributed by atoms with Gasteiger partial charge in [-0.05, 0) is 42.5 Å². The largest absolute Gasteiger partial charge is 0.465 e. The Morgan fingerprint density at radius 1 is 1.13 bits per heavy atom. The summed E-state index contributed by atoms with van der Waals surface area (Å²) in [6.45, 7) is 0. The molecule has 0 spiro atoms. The summed E-state index contributed by atoms with van der Waals surface area (Å²) >= 11 is 8.42. The minimum atomic E-state index is -0.491. The summed E-state index contributed by atoms with van der Waals surface area (Å²) < 4.78 is 5.50. The summed E-state index contributed by atoms with van der Waals surface area (Å²) in [6.07, 6.45) is 0. The number of methoxy groups -OCH3 is 1. The van der Waals surface area contributed by atoms with Crippen molar-refractivity contribution in [3.05, 3.63) is 64.1 Å². The average Bonchev–Trinajstić information content (AvgIpc) is 2.54. The third-order valence-electron chi connectivity index (χ3n) is 2.89. The first kappa shape index (κ1) is 17.1. The predicted octanol–water partition coefficient (Wildman–Crippen LogP) is 3.36. The van der Waals surface area contributed by atoms with Crippen LogP contribution in [0.2, 0.25) is 0 Å². The van der Waals surface area contributed by atoms with Crippen molar-refractivity contribution in [2.75, 3.05) is 12.4 Å². The molecular formula is C16H13BrN2O3S. The van der Waals surface area contributed by atoms with E-state index in [4.69, 9.17) is 17.0 Å². The fraction of sp³-hybridized carbons (Fsp3) is 0.0625. The standard InChI is InChI=1S/C16H13BrN2O3S/c1-22-15(21)12-7-2-3-8-13(12)18-16(23)19-14(20)10-5-4-6-11(17)9-10/h2-9H,1H3,(H2,18,19,20,23). The molecule has 0 unspecified atom stereocenters. The van der Waals surface area contributed by atoms with Crippen molar-refractivity contribution >= 4 is 50.8 Å². The van der Waals surface area contributed by atoms with Crippen molar-refractivity contribution in [2.45, 2.75) is 0 Å². The summed E-state index contributed by atoms with van der Waals surface area (Å²) in [4.78, 5) is 23.8. The SMILES string of the molecule is COC(=O)c1ccccc1NC(=S)NC(=O)c1cccc(Br)c1. The zero-order chi connectivity index (χ0) is 16.8. The maximum atomic E-state index is 12.1. The molecule has 0 aliphatic carbocycles. The molecule has 2 aromatic rings. The number of thiocarbonyl (C=S) groups is 1. The van der Waals surface area contributed by atoms with E-state index in [9.17, 15) is 9.59 Å². The van der Waals surface area contributed by atoms with E-state index in [1.54, 1.807) is 42.5 Å². The van der Waals surface area contributed by atoms with E-state index >= 15 is 0 Å². The lowest BCUT2D eigenvalue weighted by Crippen LogP contribution is -2.34. The maximum Gasteiger partial charge on any atom is 0.339 e. The third kappa shape index (κ3) is 4.61. The van der Waals surface area contributed by atoms with Crippen molar-refractivity contribution in [2.24, 2.45) is 0 Å². The van der Waals surface area contributed by atoms with Gasteiger partial charge in [-0.2, -0.15) is 0 Å². The van der Waals surface area contributed by atoms with Crippen LogP contribution in [0.15, 0.2) is 53.0 Å². The highest BCUT2D eigenvalue weighted by Crippen LogP contribution is 2.16. The number of hydrogen-bond acceptors (Lipinski definition) is 4. The first-order valence-electron chi connectivity index (χ1n) is 6.56. The van der Waals surface area contributed by atoms with Crippen LogP contribution in [0.5, 0.6) is 0 Å². The number of para-hydroxylation sites is 1. The van der Waals surface area contributed by atoms with E-state index < -0.39 is 5.97 Å². The first-order valence-corrected chi connectivity index (χ1v) is 7.76. The Morgan fingerprint density at radius 3 is 2.57 bits per heavy atom. The van der Waals surface area contributed by atoms with Crippen LogP contribution in [0.25, 0.3) is 0 Å². The Kier molecular flexibility index (Phi) is 5.84. The van der Waals surface area contributed by atoms with E-state index in [0.29, 0.717) is 16.8 Å². The zero-order valence-electron chi connectivity index (χ0n) is 12.1. The van der Waals surface area contributed by atoms with Gasteiger partial charge in [0, 0.05) is 10.0 Å². The van der Waals surface area contributed by atoms with Crippen LogP contribution < -0.4 is 10.6 Å². The van der Waals surface area contributed by atoms with Crippen LogP contribution in [-0.2, 0) is 4.74 Å². The quantitative estimate of drug-likeness (QED) is 0.619. The monoisotopic (exact) mass is 392 g/mol. The van der Waals surface area contributed by atoms with Gasteiger partial charge in [-0.1, -0.05) is 34.1 Å². The lowest BCUT2D eigenvalue weighted by atomic mass is 10.2. The Balaban J connectivity index is 2.08. The number of benzene rings is 2. The van der Waals surface area contributed by atoms with Crippen LogP contribution in [0.4, 0.5) is 5.69 Å². The number of amides is 1. The number of hydrogen-bond donors (Lipinski definition) is 2. The fourth-order valence-corrected chi connectivity index (χ4v) is 2.44. The average molecular weight is 393 g/mol. The van der Waals surface area contributed by atoms with Gasteiger partial charge >= 0.3 is 5.97 Å². The summed E-state index contributed by atoms with van der Waals surface area (Å²) in [5, 5.41) is 5.48. The molecule has 118 valence electrons. The van der Waals surface area contributed by atoms with Crippen molar-refractivity contribution in [3.8, 4) is 0 Å². The number of nitrogens with one attached hydrogen (secondary N) is 2. The van der Waals surface area contributed by atoms with Gasteiger partial charge in [0.1, 0.15) is 0 Å². The molecule has 0 bridgehead atoms. The highest BCUT2D eigenvalue weighted by Gasteiger charge is 2.13. The van der Waals surface area contributed by atoms with Crippen molar-refractivity contribution in [3.63, 3.8) is 0 Å². The molecule has 0 atom stereocenters. The van der Waals surface area contributed by atoms with E-state index in [0.717, 1.165) is 4.47 Å². The van der Waals surface area contributed by atoms with Crippen LogP contribution in [0.1, 0.15) is 20.7 Å². The van der Waals surface area contributed by atoms with Crippen LogP contribution >= 0.6 is 28.1 Å². The molecule has 2 aromatic carbocycles. The second kappa shape index (κ2) is 7.85. The van der Waals surface area contributed by atoms with Crippen LogP contribution in [0.3, 0.4) is 0 Å². The smallest absolute Gasteiger partial charge is 0.339 e. The summed E-state index contributed by atoms with van der Waals surface area (Å²) in [5.41, 5.74) is 1.25. The number of ether oxygens (including phenoxy) is 1. The second-order valence-corrected chi connectivity index (χ2v) is 5.78. The van der Waals surface area contributed by atoms with E-state index in [-0.39, 0.29) is 11.0 Å². The van der Waals surface area contributed by atoms with Gasteiger partial charge < -0.3 is 10.1 Å². The Hall–Kier alpha value is -2.25.